The molecule has 0 spiro atoms. The molecule has 1 N–H and O–H groups in total. The van der Waals surface area contributed by atoms with Crippen LogP contribution in [0.2, 0.25) is 10.0 Å². The van der Waals surface area contributed by atoms with E-state index in [-0.39, 0.29) is 24.7 Å². The molecule has 132 valence electrons. The summed E-state index contributed by atoms with van der Waals surface area (Å²) in [5.41, 5.74) is 1.05. The van der Waals surface area contributed by atoms with E-state index in [1.807, 2.05) is 0 Å². The van der Waals surface area contributed by atoms with Crippen LogP contribution in [0.15, 0.2) is 42.5 Å². The Labute approximate surface area is 155 Å². The molecule has 0 fully saturated rings. The Morgan fingerprint density at radius 3 is 2.40 bits per heavy atom. The molecular formula is C18H17Cl2FN2O2. The number of nitrogens with one attached hydrogen (secondary N) is 1. The number of amides is 2. The van der Waals surface area contributed by atoms with Crippen LogP contribution >= 0.6 is 23.2 Å². The van der Waals surface area contributed by atoms with Crippen LogP contribution in [0.25, 0.3) is 0 Å². The Bertz CT molecular complexity index is 763. The second kappa shape index (κ2) is 8.83. The van der Waals surface area contributed by atoms with Gasteiger partial charge in [-0.05, 0) is 36.2 Å². The molecule has 2 amide bonds. The summed E-state index contributed by atoms with van der Waals surface area (Å²) in [7, 11) is 1.53. The molecule has 0 atom stereocenters. The molecule has 2 rings (SSSR count). The van der Waals surface area contributed by atoms with Crippen molar-refractivity contribution < 1.29 is 14.0 Å². The molecule has 0 saturated carbocycles. The highest BCUT2D eigenvalue weighted by atomic mass is 35.5. The number of carbonyl (C=O) groups excluding carboxylic acids is 2. The Kier molecular flexibility index (Phi) is 6.79. The maximum Gasteiger partial charge on any atom is 0.244 e. The van der Waals surface area contributed by atoms with Crippen molar-refractivity contribution >= 4 is 40.7 Å². The zero-order valence-electron chi connectivity index (χ0n) is 13.6. The van der Waals surface area contributed by atoms with Gasteiger partial charge in [-0.25, -0.2) is 4.39 Å². The van der Waals surface area contributed by atoms with Gasteiger partial charge < -0.3 is 10.2 Å². The predicted molar refractivity (Wildman–Crippen MR) is 97.4 cm³/mol. The molecule has 0 bridgehead atoms. The van der Waals surface area contributed by atoms with E-state index < -0.39 is 5.91 Å². The summed E-state index contributed by atoms with van der Waals surface area (Å²) in [6.45, 7) is -0.135. The zero-order valence-corrected chi connectivity index (χ0v) is 15.1. The van der Waals surface area contributed by atoms with Gasteiger partial charge in [0.1, 0.15) is 5.82 Å². The molecule has 0 heterocycles. The Balaban J connectivity index is 1.87. The first-order valence-electron chi connectivity index (χ1n) is 7.59. The molecule has 25 heavy (non-hydrogen) atoms. The highest BCUT2D eigenvalue weighted by Gasteiger charge is 2.15. The number of benzene rings is 2. The standard InChI is InChI=1S/C18H17Cl2FN2O2/c1-23(17(25)9-8-12-4-2-5-13(21)10-12)11-16(24)22-18-14(19)6-3-7-15(18)20/h2-7,10H,8-9,11H2,1H3,(H,22,24). The molecule has 0 saturated heterocycles. The number of aryl methyl sites for hydroxylation is 1. The lowest BCUT2D eigenvalue weighted by Crippen LogP contribution is -2.35. The molecule has 7 heteroatoms. The topological polar surface area (TPSA) is 49.4 Å². The average molecular weight is 383 g/mol. The quantitative estimate of drug-likeness (QED) is 0.814. The van der Waals surface area contributed by atoms with Crippen molar-refractivity contribution in [2.45, 2.75) is 12.8 Å². The SMILES string of the molecule is CN(CC(=O)Nc1c(Cl)cccc1Cl)C(=O)CCc1cccc(F)c1. The van der Waals surface area contributed by atoms with Crippen LogP contribution in [-0.2, 0) is 16.0 Å². The van der Waals surface area contributed by atoms with Gasteiger partial charge in [-0.1, -0.05) is 41.4 Å². The fraction of sp³-hybridized carbons (Fsp3) is 0.222. The van der Waals surface area contributed by atoms with Gasteiger partial charge >= 0.3 is 0 Å². The molecule has 0 unspecified atom stereocenters. The summed E-state index contributed by atoms with van der Waals surface area (Å²) in [6.07, 6.45) is 0.582. The van der Waals surface area contributed by atoms with Gasteiger partial charge in [-0.3, -0.25) is 9.59 Å². The van der Waals surface area contributed by atoms with Crippen LogP contribution in [0, 0.1) is 5.82 Å². The van der Waals surface area contributed by atoms with Gasteiger partial charge in [-0.2, -0.15) is 0 Å². The minimum Gasteiger partial charge on any atom is -0.336 e. The first-order valence-corrected chi connectivity index (χ1v) is 8.34. The summed E-state index contributed by atoms with van der Waals surface area (Å²) in [4.78, 5) is 25.5. The predicted octanol–water partition coefficient (Wildman–Crippen LogP) is 4.16. The fourth-order valence-corrected chi connectivity index (χ4v) is 2.73. The molecule has 2 aromatic carbocycles. The normalized spacial score (nSPS) is 10.4. The van der Waals surface area contributed by atoms with Crippen LogP contribution in [0.5, 0.6) is 0 Å². The van der Waals surface area contributed by atoms with E-state index in [1.54, 1.807) is 30.3 Å². The third-order valence-corrected chi connectivity index (χ3v) is 4.18. The molecule has 0 aliphatic carbocycles. The smallest absolute Gasteiger partial charge is 0.244 e. The van der Waals surface area contributed by atoms with Gasteiger partial charge in [0, 0.05) is 13.5 Å². The van der Waals surface area contributed by atoms with E-state index in [0.29, 0.717) is 22.2 Å². The number of carbonyl (C=O) groups is 2. The van der Waals surface area contributed by atoms with Gasteiger partial charge in [-0.15, -0.1) is 0 Å². The van der Waals surface area contributed by atoms with Gasteiger partial charge in [0.05, 0.1) is 22.3 Å². The van der Waals surface area contributed by atoms with E-state index in [9.17, 15) is 14.0 Å². The van der Waals surface area contributed by atoms with Crippen molar-refractivity contribution in [2.24, 2.45) is 0 Å². The largest absolute Gasteiger partial charge is 0.336 e. The van der Waals surface area contributed by atoms with Crippen molar-refractivity contribution in [3.63, 3.8) is 0 Å². The van der Waals surface area contributed by atoms with Crippen LogP contribution < -0.4 is 5.32 Å². The third-order valence-electron chi connectivity index (χ3n) is 3.55. The lowest BCUT2D eigenvalue weighted by molar-refractivity contribution is -0.133. The number of hydrogen-bond donors (Lipinski definition) is 1. The molecule has 0 aromatic heterocycles. The van der Waals surface area contributed by atoms with Gasteiger partial charge in [0.15, 0.2) is 0 Å². The molecule has 0 aliphatic rings. The summed E-state index contributed by atoms with van der Waals surface area (Å²) < 4.78 is 13.1. The van der Waals surface area contributed by atoms with Crippen molar-refractivity contribution in [3.05, 3.63) is 63.9 Å². The first kappa shape index (κ1) is 19.2. The molecule has 0 aliphatic heterocycles. The average Bonchev–Trinajstić information content (AvgIpc) is 2.56. The monoisotopic (exact) mass is 382 g/mol. The Morgan fingerprint density at radius 1 is 1.12 bits per heavy atom. The van der Waals surface area contributed by atoms with Crippen LogP contribution in [0.4, 0.5) is 10.1 Å². The molecular weight excluding hydrogens is 366 g/mol. The van der Waals surface area contributed by atoms with Crippen molar-refractivity contribution in [1.82, 2.24) is 4.90 Å². The summed E-state index contributed by atoms with van der Waals surface area (Å²) in [5, 5.41) is 3.24. The van der Waals surface area contributed by atoms with Gasteiger partial charge in [0.2, 0.25) is 11.8 Å². The fourth-order valence-electron chi connectivity index (χ4n) is 2.23. The molecule has 2 aromatic rings. The van der Waals surface area contributed by atoms with Crippen molar-refractivity contribution in [3.8, 4) is 0 Å². The highest BCUT2D eigenvalue weighted by molar-refractivity contribution is 6.39. The van der Waals surface area contributed by atoms with Crippen molar-refractivity contribution in [2.75, 3.05) is 18.9 Å². The molecule has 4 nitrogen and oxygen atoms in total. The first-order chi connectivity index (χ1) is 11.9. The van der Waals surface area contributed by atoms with Crippen LogP contribution in [-0.4, -0.2) is 30.3 Å². The van der Waals surface area contributed by atoms with Crippen LogP contribution in [0.1, 0.15) is 12.0 Å². The number of rotatable bonds is 6. The Hall–Kier alpha value is -2.11. The molecule has 0 radical (unpaired) electrons. The third kappa shape index (κ3) is 5.73. The number of para-hydroxylation sites is 1. The zero-order chi connectivity index (χ0) is 18.4. The van der Waals surface area contributed by atoms with E-state index >= 15 is 0 Å². The van der Waals surface area contributed by atoms with E-state index in [4.69, 9.17) is 23.2 Å². The summed E-state index contributed by atoms with van der Waals surface area (Å²) in [6, 6.07) is 11.0. The van der Waals surface area contributed by atoms with E-state index in [0.717, 1.165) is 5.56 Å². The second-order valence-electron chi connectivity index (χ2n) is 5.52. The minimum absolute atomic E-state index is 0.135. The lowest BCUT2D eigenvalue weighted by atomic mass is 10.1. The summed E-state index contributed by atoms with van der Waals surface area (Å²) >= 11 is 12.0. The number of hydrogen-bond acceptors (Lipinski definition) is 2. The summed E-state index contributed by atoms with van der Waals surface area (Å²) in [5.74, 6) is -0.962. The van der Waals surface area contributed by atoms with E-state index in [1.165, 1.54) is 24.1 Å². The lowest BCUT2D eigenvalue weighted by Gasteiger charge is -2.17. The van der Waals surface area contributed by atoms with Crippen molar-refractivity contribution in [1.29, 1.82) is 0 Å². The number of anilines is 1. The second-order valence-corrected chi connectivity index (χ2v) is 6.34. The number of halogens is 3. The maximum atomic E-state index is 13.1. The van der Waals surface area contributed by atoms with Crippen LogP contribution in [0.3, 0.4) is 0 Å². The number of nitrogens with zero attached hydrogens (tertiary/aromatic N) is 1. The minimum atomic E-state index is -0.406. The van der Waals surface area contributed by atoms with E-state index in [2.05, 4.69) is 5.32 Å². The highest BCUT2D eigenvalue weighted by Crippen LogP contribution is 2.29. The van der Waals surface area contributed by atoms with Gasteiger partial charge in [0.25, 0.3) is 0 Å². The number of likely N-dealkylation sites (N-methyl/N-ethyl adjacent to an activating group) is 1. The maximum absolute atomic E-state index is 13.1. The Morgan fingerprint density at radius 2 is 1.76 bits per heavy atom.